The highest BCUT2D eigenvalue weighted by Crippen LogP contribution is 2.33. The van der Waals surface area contributed by atoms with E-state index >= 15 is 0 Å². The summed E-state index contributed by atoms with van der Waals surface area (Å²) in [4.78, 5) is 16.1. The average Bonchev–Trinajstić information content (AvgIpc) is 2.72. The van der Waals surface area contributed by atoms with Gasteiger partial charge in [0.05, 0.1) is 29.5 Å². The highest BCUT2D eigenvalue weighted by molar-refractivity contribution is 5.83. The zero-order valence-corrected chi connectivity index (χ0v) is 16.8. The SMILES string of the molecule is Cc1cc(-c2cnc(N3CC(C)OC(C)C3)nc2-c2ccccc2C#N)ccn1. The van der Waals surface area contributed by atoms with Gasteiger partial charge in [0.2, 0.25) is 5.95 Å². The second-order valence-electron chi connectivity index (χ2n) is 7.44. The van der Waals surface area contributed by atoms with E-state index in [0.29, 0.717) is 11.5 Å². The zero-order valence-electron chi connectivity index (χ0n) is 16.8. The molecule has 1 aliphatic heterocycles. The Bertz CT molecular complexity index is 1060. The van der Waals surface area contributed by atoms with Crippen molar-refractivity contribution in [2.24, 2.45) is 0 Å². The molecule has 0 spiro atoms. The lowest BCUT2D eigenvalue weighted by Gasteiger charge is -2.35. The molecule has 3 heterocycles. The van der Waals surface area contributed by atoms with Gasteiger partial charge in [0, 0.05) is 42.3 Å². The van der Waals surface area contributed by atoms with Crippen molar-refractivity contribution in [3.05, 3.63) is 60.0 Å². The highest BCUT2D eigenvalue weighted by Gasteiger charge is 2.25. The summed E-state index contributed by atoms with van der Waals surface area (Å²) in [6, 6.07) is 13.8. The molecule has 0 bridgehead atoms. The predicted molar refractivity (Wildman–Crippen MR) is 112 cm³/mol. The van der Waals surface area contributed by atoms with Crippen LogP contribution in [0.3, 0.4) is 0 Å². The molecule has 29 heavy (non-hydrogen) atoms. The lowest BCUT2D eigenvalue weighted by molar-refractivity contribution is -0.00571. The monoisotopic (exact) mass is 385 g/mol. The Morgan fingerprint density at radius 2 is 1.83 bits per heavy atom. The summed E-state index contributed by atoms with van der Waals surface area (Å²) in [5, 5.41) is 9.64. The molecule has 2 unspecified atom stereocenters. The molecule has 2 aromatic heterocycles. The van der Waals surface area contributed by atoms with E-state index in [2.05, 4.69) is 34.8 Å². The van der Waals surface area contributed by atoms with Crippen molar-refractivity contribution in [3.63, 3.8) is 0 Å². The molecule has 6 heteroatoms. The summed E-state index contributed by atoms with van der Waals surface area (Å²) >= 11 is 0. The quantitative estimate of drug-likeness (QED) is 0.678. The number of hydrogen-bond acceptors (Lipinski definition) is 6. The van der Waals surface area contributed by atoms with Crippen molar-refractivity contribution in [2.45, 2.75) is 33.0 Å². The largest absolute Gasteiger partial charge is 0.372 e. The minimum absolute atomic E-state index is 0.111. The molecule has 146 valence electrons. The third kappa shape index (κ3) is 3.96. The van der Waals surface area contributed by atoms with Crippen molar-refractivity contribution in [3.8, 4) is 28.5 Å². The van der Waals surface area contributed by atoms with Gasteiger partial charge in [-0.25, -0.2) is 9.97 Å². The second-order valence-corrected chi connectivity index (χ2v) is 7.44. The molecule has 4 rings (SSSR count). The average molecular weight is 385 g/mol. The van der Waals surface area contributed by atoms with Gasteiger partial charge < -0.3 is 9.64 Å². The summed E-state index contributed by atoms with van der Waals surface area (Å²) < 4.78 is 5.85. The van der Waals surface area contributed by atoms with Crippen LogP contribution in [0.15, 0.2) is 48.8 Å². The molecule has 1 fully saturated rings. The molecule has 0 radical (unpaired) electrons. The first-order valence-electron chi connectivity index (χ1n) is 9.75. The van der Waals surface area contributed by atoms with Crippen LogP contribution < -0.4 is 4.90 Å². The number of nitrogens with zero attached hydrogens (tertiary/aromatic N) is 5. The Morgan fingerprint density at radius 1 is 1.07 bits per heavy atom. The number of aryl methyl sites for hydroxylation is 1. The molecule has 0 aliphatic carbocycles. The summed E-state index contributed by atoms with van der Waals surface area (Å²) in [5.74, 6) is 0.657. The van der Waals surface area contributed by atoms with Crippen LogP contribution >= 0.6 is 0 Å². The number of pyridine rings is 1. The smallest absolute Gasteiger partial charge is 0.226 e. The number of rotatable bonds is 3. The Labute approximate surface area is 170 Å². The topological polar surface area (TPSA) is 74.9 Å². The molecule has 1 aromatic carbocycles. The molecule has 0 amide bonds. The third-order valence-corrected chi connectivity index (χ3v) is 4.99. The molecule has 0 N–H and O–H groups in total. The van der Waals surface area contributed by atoms with E-state index in [9.17, 15) is 5.26 Å². The first-order chi connectivity index (χ1) is 14.0. The van der Waals surface area contributed by atoms with Crippen LogP contribution in [0.5, 0.6) is 0 Å². The Hall–Kier alpha value is -3.30. The van der Waals surface area contributed by atoms with Crippen LogP contribution in [0.4, 0.5) is 5.95 Å². The van der Waals surface area contributed by atoms with Crippen molar-refractivity contribution in [1.82, 2.24) is 15.0 Å². The molecule has 1 aliphatic rings. The maximum atomic E-state index is 9.64. The lowest BCUT2D eigenvalue weighted by atomic mass is 9.98. The number of benzene rings is 1. The van der Waals surface area contributed by atoms with Crippen molar-refractivity contribution >= 4 is 5.95 Å². The Morgan fingerprint density at radius 3 is 2.55 bits per heavy atom. The molecular formula is C23H23N5O. The van der Waals surface area contributed by atoms with Crippen LogP contribution in [0.25, 0.3) is 22.4 Å². The first-order valence-corrected chi connectivity index (χ1v) is 9.75. The molecular weight excluding hydrogens is 362 g/mol. The van der Waals surface area contributed by atoms with Gasteiger partial charge in [-0.15, -0.1) is 0 Å². The van der Waals surface area contributed by atoms with Crippen LogP contribution in [-0.4, -0.2) is 40.2 Å². The van der Waals surface area contributed by atoms with Gasteiger partial charge >= 0.3 is 0 Å². The number of ether oxygens (including phenoxy) is 1. The molecule has 0 saturated carbocycles. The van der Waals surface area contributed by atoms with Gasteiger partial charge in [-0.05, 0) is 44.5 Å². The zero-order chi connectivity index (χ0) is 20.4. The van der Waals surface area contributed by atoms with Gasteiger partial charge in [-0.3, -0.25) is 4.98 Å². The third-order valence-electron chi connectivity index (χ3n) is 4.99. The molecule has 2 atom stereocenters. The maximum Gasteiger partial charge on any atom is 0.226 e. The summed E-state index contributed by atoms with van der Waals surface area (Å²) in [7, 11) is 0. The maximum absolute atomic E-state index is 9.64. The minimum Gasteiger partial charge on any atom is -0.372 e. The fourth-order valence-electron chi connectivity index (χ4n) is 3.78. The van der Waals surface area contributed by atoms with Crippen molar-refractivity contribution in [1.29, 1.82) is 5.26 Å². The number of nitriles is 1. The van der Waals surface area contributed by atoms with Gasteiger partial charge in [0.1, 0.15) is 0 Å². The Kier molecular flexibility index (Phi) is 5.24. The standard InChI is InChI=1S/C23H23N5O/c1-15-10-18(8-9-25-15)21-12-26-23(28-13-16(2)29-17(3)14-28)27-22(21)20-7-5-4-6-19(20)11-24/h4-10,12,16-17H,13-14H2,1-3H3. The molecule has 1 saturated heterocycles. The van der Waals surface area contributed by atoms with Crippen LogP contribution in [0.1, 0.15) is 25.1 Å². The predicted octanol–water partition coefficient (Wildman–Crippen LogP) is 4.00. The highest BCUT2D eigenvalue weighted by atomic mass is 16.5. The van der Waals surface area contributed by atoms with E-state index in [1.165, 1.54) is 0 Å². The van der Waals surface area contributed by atoms with Crippen LogP contribution in [0.2, 0.25) is 0 Å². The summed E-state index contributed by atoms with van der Waals surface area (Å²) in [5.41, 5.74) is 4.93. The van der Waals surface area contributed by atoms with Crippen molar-refractivity contribution in [2.75, 3.05) is 18.0 Å². The second kappa shape index (κ2) is 7.98. The van der Waals surface area contributed by atoms with Gasteiger partial charge in [-0.2, -0.15) is 5.26 Å². The van der Waals surface area contributed by atoms with E-state index in [4.69, 9.17) is 9.72 Å². The fourth-order valence-corrected chi connectivity index (χ4v) is 3.78. The normalized spacial score (nSPS) is 19.0. The van der Waals surface area contributed by atoms with Gasteiger partial charge in [-0.1, -0.05) is 18.2 Å². The van der Waals surface area contributed by atoms with E-state index in [1.54, 1.807) is 6.20 Å². The molecule has 3 aromatic rings. The van der Waals surface area contributed by atoms with Crippen LogP contribution in [0, 0.1) is 18.3 Å². The number of anilines is 1. The fraction of sp³-hybridized carbons (Fsp3) is 0.304. The van der Waals surface area contributed by atoms with Gasteiger partial charge in [0.15, 0.2) is 0 Å². The van der Waals surface area contributed by atoms with E-state index in [1.807, 2.05) is 49.5 Å². The van der Waals surface area contributed by atoms with E-state index in [0.717, 1.165) is 41.2 Å². The Balaban J connectivity index is 1.88. The van der Waals surface area contributed by atoms with E-state index in [-0.39, 0.29) is 12.2 Å². The number of hydrogen-bond donors (Lipinski definition) is 0. The molecule has 6 nitrogen and oxygen atoms in total. The lowest BCUT2D eigenvalue weighted by Crippen LogP contribution is -2.46. The number of aromatic nitrogens is 3. The summed E-state index contributed by atoms with van der Waals surface area (Å²) in [6.07, 6.45) is 3.86. The van der Waals surface area contributed by atoms with E-state index < -0.39 is 0 Å². The van der Waals surface area contributed by atoms with Crippen LogP contribution in [-0.2, 0) is 4.74 Å². The minimum atomic E-state index is 0.111. The first kappa shape index (κ1) is 19.0. The number of morpholine rings is 1. The van der Waals surface area contributed by atoms with Crippen molar-refractivity contribution < 1.29 is 4.74 Å². The van der Waals surface area contributed by atoms with Gasteiger partial charge in [0.25, 0.3) is 0 Å². The summed E-state index contributed by atoms with van der Waals surface area (Å²) in [6.45, 7) is 7.54.